The number of hydrogen-bond acceptors (Lipinski definition) is 9. The van der Waals surface area contributed by atoms with Gasteiger partial charge in [-0.3, -0.25) is 4.57 Å². The molecule has 0 aliphatic heterocycles. The molecular weight excluding hydrogens is 520 g/mol. The molecule has 0 saturated heterocycles. The number of imidazole rings is 1. The zero-order valence-corrected chi connectivity index (χ0v) is 21.8. The third-order valence-electron chi connectivity index (χ3n) is 5.45. The quantitative estimate of drug-likeness (QED) is 0.183. The molecule has 4 aromatic rings. The Balaban J connectivity index is 1.65. The number of phenolic OH excluding ortho intramolecular Hbond substituents is 1. The molecule has 37 heavy (non-hydrogen) atoms. The number of nitrogens with zero attached hydrogens (tertiary/aromatic N) is 4. The van der Waals surface area contributed by atoms with Gasteiger partial charge in [0.05, 0.1) is 12.4 Å². The van der Waals surface area contributed by atoms with Crippen LogP contribution >= 0.6 is 16.1 Å². The summed E-state index contributed by atoms with van der Waals surface area (Å²) >= 11 is 0. The summed E-state index contributed by atoms with van der Waals surface area (Å²) in [5, 5.41) is 20.3. The van der Waals surface area contributed by atoms with Gasteiger partial charge in [0.15, 0.2) is 17.0 Å². The van der Waals surface area contributed by atoms with Gasteiger partial charge in [-0.2, -0.15) is 9.97 Å². The minimum absolute atomic E-state index is 0.129. The van der Waals surface area contributed by atoms with Crippen molar-refractivity contribution in [2.24, 2.45) is 0 Å². The summed E-state index contributed by atoms with van der Waals surface area (Å²) in [6.45, 7) is 4.22. The summed E-state index contributed by atoms with van der Waals surface area (Å²) in [6.07, 6.45) is 2.06. The maximum Gasteiger partial charge on any atom is 0.412 e. The van der Waals surface area contributed by atoms with E-state index in [1.165, 1.54) is 24.3 Å². The van der Waals surface area contributed by atoms with E-state index in [0.29, 0.717) is 35.6 Å². The second-order valence-electron chi connectivity index (χ2n) is 8.57. The van der Waals surface area contributed by atoms with E-state index in [-0.39, 0.29) is 23.4 Å². The minimum Gasteiger partial charge on any atom is -0.508 e. The van der Waals surface area contributed by atoms with Gasteiger partial charge in [0.2, 0.25) is 0 Å². The van der Waals surface area contributed by atoms with E-state index in [0.717, 1.165) is 5.56 Å². The summed E-state index contributed by atoms with van der Waals surface area (Å²) in [5.74, 6) is 0.524. The fourth-order valence-corrected chi connectivity index (χ4v) is 4.85. The van der Waals surface area contributed by atoms with Crippen molar-refractivity contribution in [3.05, 3.63) is 66.0 Å². The Morgan fingerprint density at radius 3 is 2.51 bits per heavy atom. The van der Waals surface area contributed by atoms with Gasteiger partial charge < -0.3 is 34.6 Å². The third kappa shape index (κ3) is 5.79. The number of hydrogen-bond donors (Lipinski definition) is 5. The van der Waals surface area contributed by atoms with Gasteiger partial charge in [-0.15, -0.1) is 0 Å². The summed E-state index contributed by atoms with van der Waals surface area (Å²) < 4.78 is 30.7. The van der Waals surface area contributed by atoms with E-state index in [1.807, 2.05) is 24.5 Å². The second kappa shape index (κ2) is 10.5. The first-order chi connectivity index (χ1) is 17.5. The largest absolute Gasteiger partial charge is 0.508 e. The van der Waals surface area contributed by atoms with E-state index in [4.69, 9.17) is 4.74 Å². The Morgan fingerprint density at radius 2 is 1.89 bits per heavy atom. The number of benzene rings is 2. The number of anilines is 2. The SMILES string of the molecule is CC(C)Oc1nc(Nc2ccc(C(O)([PH+]=O)P(=O)(O)O)cc2)c2ncn(CCc3cccc(O)c3)c2n1. The number of rotatable bonds is 10. The lowest BCUT2D eigenvalue weighted by Crippen LogP contribution is -2.18. The molecule has 194 valence electrons. The van der Waals surface area contributed by atoms with E-state index in [1.54, 1.807) is 24.5 Å². The molecule has 0 bridgehead atoms. The lowest BCUT2D eigenvalue weighted by molar-refractivity contribution is 0.168. The molecule has 12 nitrogen and oxygen atoms in total. The van der Waals surface area contributed by atoms with Gasteiger partial charge in [-0.25, -0.2) is 4.98 Å². The molecule has 0 aliphatic carbocycles. The maximum absolute atomic E-state index is 11.7. The van der Waals surface area contributed by atoms with Crippen molar-refractivity contribution in [3.8, 4) is 11.8 Å². The van der Waals surface area contributed by atoms with Crippen LogP contribution in [0.2, 0.25) is 0 Å². The summed E-state index contributed by atoms with van der Waals surface area (Å²) in [7, 11) is -6.77. The molecular formula is C23H26N5O7P2+. The Hall–Kier alpha value is -3.40. The molecule has 0 aliphatic rings. The molecule has 14 heteroatoms. The lowest BCUT2D eigenvalue weighted by Gasteiger charge is -2.16. The number of aromatic hydroxyl groups is 1. The van der Waals surface area contributed by atoms with Crippen LogP contribution < -0.4 is 10.1 Å². The summed E-state index contributed by atoms with van der Waals surface area (Å²) in [5.41, 5.74) is 2.21. The monoisotopic (exact) mass is 546 g/mol. The fourth-order valence-electron chi connectivity index (χ4n) is 3.61. The lowest BCUT2D eigenvalue weighted by atomic mass is 10.1. The van der Waals surface area contributed by atoms with Crippen molar-refractivity contribution >= 4 is 38.7 Å². The van der Waals surface area contributed by atoms with Crippen LogP contribution in [-0.2, 0) is 27.2 Å². The molecule has 0 saturated carbocycles. The Kier molecular flexibility index (Phi) is 7.59. The van der Waals surface area contributed by atoms with Crippen molar-refractivity contribution in [2.45, 2.75) is 38.0 Å². The van der Waals surface area contributed by atoms with Crippen molar-refractivity contribution < 1.29 is 33.9 Å². The first kappa shape index (κ1) is 26.7. The number of aromatic nitrogens is 4. The first-order valence-corrected chi connectivity index (χ1v) is 13.7. The zero-order chi connectivity index (χ0) is 26.8. The smallest absolute Gasteiger partial charge is 0.412 e. The maximum atomic E-state index is 11.7. The fraction of sp³-hybridized carbons (Fsp3) is 0.261. The number of fused-ring (bicyclic) bond motifs is 1. The predicted molar refractivity (Wildman–Crippen MR) is 138 cm³/mol. The second-order valence-corrected chi connectivity index (χ2v) is 11.7. The third-order valence-corrected chi connectivity index (χ3v) is 8.27. The van der Waals surface area contributed by atoms with Crippen LogP contribution in [-0.4, -0.2) is 45.6 Å². The van der Waals surface area contributed by atoms with Crippen LogP contribution in [0.25, 0.3) is 11.2 Å². The molecule has 0 fully saturated rings. The van der Waals surface area contributed by atoms with Crippen LogP contribution in [0.15, 0.2) is 54.9 Å². The highest BCUT2D eigenvalue weighted by atomic mass is 31.2. The molecule has 2 heterocycles. The summed E-state index contributed by atoms with van der Waals surface area (Å²) in [6, 6.07) is 12.6. The average Bonchev–Trinajstić information content (AvgIpc) is 3.25. The van der Waals surface area contributed by atoms with Gasteiger partial charge >= 0.3 is 27.1 Å². The first-order valence-electron chi connectivity index (χ1n) is 11.2. The zero-order valence-electron chi connectivity index (χ0n) is 19.9. The molecule has 0 radical (unpaired) electrons. The highest BCUT2D eigenvalue weighted by Gasteiger charge is 2.56. The van der Waals surface area contributed by atoms with E-state index in [2.05, 4.69) is 20.3 Å². The molecule has 5 N–H and O–H groups in total. The van der Waals surface area contributed by atoms with Crippen LogP contribution in [0.5, 0.6) is 11.8 Å². The number of phenols is 1. The predicted octanol–water partition coefficient (Wildman–Crippen LogP) is 3.61. The van der Waals surface area contributed by atoms with Crippen LogP contribution in [0.1, 0.15) is 25.0 Å². The van der Waals surface area contributed by atoms with Crippen LogP contribution in [0, 0.1) is 0 Å². The number of nitrogens with one attached hydrogen (secondary N) is 1. The molecule has 2 aromatic carbocycles. The van der Waals surface area contributed by atoms with E-state index < -0.39 is 21.1 Å². The Labute approximate surface area is 213 Å². The number of aryl methyl sites for hydroxylation is 2. The average molecular weight is 546 g/mol. The standard InChI is InChI=1S/C23H25N5O7P2/c1-14(2)35-22-26-20(25-17-8-6-16(7-9-17)23(30,36-31)37(32,33)34)19-21(27-22)28(13-24-19)11-10-15-4-3-5-18(29)12-15/h3-9,12-14,29-30H,10-11H2,1-2H3,(H,25,26,27)(H2,32,33,34)/p+1. The van der Waals surface area contributed by atoms with E-state index >= 15 is 0 Å². The van der Waals surface area contributed by atoms with Crippen LogP contribution in [0.4, 0.5) is 11.5 Å². The van der Waals surface area contributed by atoms with Gasteiger partial charge in [0.25, 0.3) is 0 Å². The van der Waals surface area contributed by atoms with Crippen molar-refractivity contribution in [2.75, 3.05) is 5.32 Å². The highest BCUT2D eigenvalue weighted by molar-refractivity contribution is 7.62. The number of ether oxygens (including phenoxy) is 1. The van der Waals surface area contributed by atoms with Gasteiger partial charge in [-0.05, 0) is 62.2 Å². The van der Waals surface area contributed by atoms with Gasteiger partial charge in [0.1, 0.15) is 5.75 Å². The van der Waals surface area contributed by atoms with Crippen molar-refractivity contribution in [3.63, 3.8) is 0 Å². The molecule has 2 aromatic heterocycles. The van der Waals surface area contributed by atoms with Crippen molar-refractivity contribution in [1.29, 1.82) is 0 Å². The van der Waals surface area contributed by atoms with Crippen LogP contribution in [0.3, 0.4) is 0 Å². The normalized spacial score (nSPS) is 13.7. The molecule has 2 atom stereocenters. The molecule has 0 amide bonds. The van der Waals surface area contributed by atoms with Gasteiger partial charge in [-0.1, -0.05) is 16.7 Å². The molecule has 2 unspecified atom stereocenters. The van der Waals surface area contributed by atoms with E-state index in [9.17, 15) is 29.1 Å². The van der Waals surface area contributed by atoms with Crippen molar-refractivity contribution in [1.82, 2.24) is 19.5 Å². The highest BCUT2D eigenvalue weighted by Crippen LogP contribution is 2.61. The van der Waals surface area contributed by atoms with Gasteiger partial charge in [0, 0.05) is 17.8 Å². The minimum atomic E-state index is -5.10. The molecule has 0 spiro atoms. The summed E-state index contributed by atoms with van der Waals surface area (Å²) in [4.78, 5) is 32.3. The number of aliphatic hydroxyl groups is 1. The topological polar surface area (TPSA) is 180 Å². The molecule has 4 rings (SSSR count). The Morgan fingerprint density at radius 1 is 1.16 bits per heavy atom. The Bertz CT molecular complexity index is 1470.